The lowest BCUT2D eigenvalue weighted by Crippen LogP contribution is -2.24. The van der Waals surface area contributed by atoms with Gasteiger partial charge in [-0.1, -0.05) is 18.2 Å². The molecule has 4 nitrogen and oxygen atoms in total. The Kier molecular flexibility index (Phi) is 1.83. The van der Waals surface area contributed by atoms with Crippen LogP contribution < -0.4 is 0 Å². The monoisotopic (exact) mass is 214 g/mol. The van der Waals surface area contributed by atoms with Gasteiger partial charge in [0.1, 0.15) is 0 Å². The molecule has 0 unspecified atom stereocenters. The highest BCUT2D eigenvalue weighted by Gasteiger charge is 2.23. The molecule has 4 heteroatoms. The zero-order valence-corrected chi connectivity index (χ0v) is 8.47. The molecule has 2 N–H and O–H groups in total. The zero-order chi connectivity index (χ0) is 11.1. The summed E-state index contributed by atoms with van der Waals surface area (Å²) in [6.45, 7) is 0. The van der Waals surface area contributed by atoms with Crippen molar-refractivity contribution >= 4 is 23.1 Å². The number of aromatic nitrogens is 1. The SMILES string of the molecule is O=C(O)[C@H]1Cc2c([nH]c3ccccc23)C=N1. The van der Waals surface area contributed by atoms with Gasteiger partial charge in [0, 0.05) is 23.5 Å². The fraction of sp³-hybridized carbons (Fsp3) is 0.167. The maximum Gasteiger partial charge on any atom is 0.328 e. The molecular weight excluding hydrogens is 204 g/mol. The largest absolute Gasteiger partial charge is 0.480 e. The van der Waals surface area contributed by atoms with Crippen molar-refractivity contribution in [2.24, 2.45) is 4.99 Å². The lowest BCUT2D eigenvalue weighted by molar-refractivity contribution is -0.138. The molecule has 0 amide bonds. The number of fused-ring (bicyclic) bond motifs is 3. The molecule has 0 fully saturated rings. The molecule has 16 heavy (non-hydrogen) atoms. The standard InChI is InChI=1S/C12H10N2O2/c15-12(16)10-5-8-7-3-1-2-4-9(7)14-11(8)6-13-10/h1-4,6,10,14H,5H2,(H,15,16)/t10-/m1/s1. The van der Waals surface area contributed by atoms with E-state index in [1.165, 1.54) is 0 Å². The molecule has 1 aromatic heterocycles. The molecule has 3 rings (SSSR count). The van der Waals surface area contributed by atoms with Crippen LogP contribution in [0.5, 0.6) is 0 Å². The number of aromatic amines is 1. The number of carbonyl (C=O) groups is 1. The molecule has 0 radical (unpaired) electrons. The van der Waals surface area contributed by atoms with Gasteiger partial charge in [0.05, 0.1) is 5.69 Å². The second-order valence-corrected chi connectivity index (χ2v) is 3.90. The van der Waals surface area contributed by atoms with E-state index in [1.807, 2.05) is 24.3 Å². The summed E-state index contributed by atoms with van der Waals surface area (Å²) in [5.41, 5.74) is 3.02. The van der Waals surface area contributed by atoms with Gasteiger partial charge in [0.15, 0.2) is 6.04 Å². The highest BCUT2D eigenvalue weighted by molar-refractivity contribution is 5.96. The smallest absolute Gasteiger partial charge is 0.328 e. The fourth-order valence-electron chi connectivity index (χ4n) is 2.11. The number of benzene rings is 1. The molecular formula is C12H10N2O2. The van der Waals surface area contributed by atoms with Crippen LogP contribution >= 0.6 is 0 Å². The first-order chi connectivity index (χ1) is 7.75. The summed E-state index contributed by atoms with van der Waals surface area (Å²) in [6.07, 6.45) is 2.09. The summed E-state index contributed by atoms with van der Waals surface area (Å²) in [5.74, 6) is -0.868. The summed E-state index contributed by atoms with van der Waals surface area (Å²) >= 11 is 0. The van der Waals surface area contributed by atoms with Crippen molar-refractivity contribution in [3.05, 3.63) is 35.5 Å². The molecule has 2 heterocycles. The van der Waals surface area contributed by atoms with Crippen LogP contribution in [0.4, 0.5) is 0 Å². The molecule has 0 spiro atoms. The second kappa shape index (κ2) is 3.20. The summed E-state index contributed by atoms with van der Waals surface area (Å²) < 4.78 is 0. The van der Waals surface area contributed by atoms with E-state index in [4.69, 9.17) is 5.11 Å². The van der Waals surface area contributed by atoms with Crippen LogP contribution in [0.2, 0.25) is 0 Å². The third-order valence-corrected chi connectivity index (χ3v) is 2.91. The quantitative estimate of drug-likeness (QED) is 0.757. The first-order valence-electron chi connectivity index (χ1n) is 5.11. The van der Waals surface area contributed by atoms with E-state index in [0.717, 1.165) is 22.2 Å². The molecule has 2 aromatic rings. The summed E-state index contributed by atoms with van der Waals surface area (Å²) in [6, 6.07) is 7.25. The number of hydrogen-bond acceptors (Lipinski definition) is 2. The van der Waals surface area contributed by atoms with Gasteiger partial charge in [-0.2, -0.15) is 0 Å². The lowest BCUT2D eigenvalue weighted by atomic mass is 10.0. The maximum absolute atomic E-state index is 10.9. The van der Waals surface area contributed by atoms with Crippen LogP contribution in [0.1, 0.15) is 11.3 Å². The first-order valence-corrected chi connectivity index (χ1v) is 5.11. The van der Waals surface area contributed by atoms with Crippen molar-refractivity contribution in [3.63, 3.8) is 0 Å². The minimum atomic E-state index is -0.868. The van der Waals surface area contributed by atoms with Crippen molar-refractivity contribution < 1.29 is 9.90 Å². The molecule has 0 bridgehead atoms. The summed E-state index contributed by atoms with van der Waals surface area (Å²) in [7, 11) is 0. The van der Waals surface area contributed by atoms with Crippen LogP contribution in [0.15, 0.2) is 29.3 Å². The van der Waals surface area contributed by atoms with E-state index in [2.05, 4.69) is 9.98 Å². The Morgan fingerprint density at radius 2 is 2.25 bits per heavy atom. The Morgan fingerprint density at radius 3 is 3.06 bits per heavy atom. The highest BCUT2D eigenvalue weighted by atomic mass is 16.4. The lowest BCUT2D eigenvalue weighted by Gasteiger charge is -2.12. The van der Waals surface area contributed by atoms with E-state index in [0.29, 0.717) is 6.42 Å². The highest BCUT2D eigenvalue weighted by Crippen LogP contribution is 2.25. The van der Waals surface area contributed by atoms with E-state index in [9.17, 15) is 4.79 Å². The van der Waals surface area contributed by atoms with E-state index < -0.39 is 12.0 Å². The molecule has 1 atom stereocenters. The molecule has 0 aliphatic carbocycles. The predicted octanol–water partition coefficient (Wildman–Crippen LogP) is 1.60. The van der Waals surface area contributed by atoms with Gasteiger partial charge >= 0.3 is 5.97 Å². The van der Waals surface area contributed by atoms with E-state index in [-0.39, 0.29) is 0 Å². The van der Waals surface area contributed by atoms with Gasteiger partial charge in [-0.25, -0.2) is 4.79 Å². The molecule has 80 valence electrons. The minimum absolute atomic E-state index is 0.463. The van der Waals surface area contributed by atoms with Crippen LogP contribution in [0.3, 0.4) is 0 Å². The number of para-hydroxylation sites is 1. The third-order valence-electron chi connectivity index (χ3n) is 2.91. The minimum Gasteiger partial charge on any atom is -0.480 e. The van der Waals surface area contributed by atoms with Gasteiger partial charge in [-0.05, 0) is 11.6 Å². The van der Waals surface area contributed by atoms with Gasteiger partial charge in [0.2, 0.25) is 0 Å². The third kappa shape index (κ3) is 1.23. The summed E-state index contributed by atoms with van der Waals surface area (Å²) in [5, 5.41) is 10.0. The Hall–Kier alpha value is -2.10. The van der Waals surface area contributed by atoms with Crippen LogP contribution in [0, 0.1) is 0 Å². The van der Waals surface area contributed by atoms with E-state index in [1.54, 1.807) is 6.21 Å². The second-order valence-electron chi connectivity index (χ2n) is 3.90. The van der Waals surface area contributed by atoms with Crippen molar-refractivity contribution in [3.8, 4) is 0 Å². The Bertz CT molecular complexity index is 598. The topological polar surface area (TPSA) is 65.4 Å². The number of hydrogen-bond donors (Lipinski definition) is 2. The van der Waals surface area contributed by atoms with Crippen molar-refractivity contribution in [1.29, 1.82) is 0 Å². The number of rotatable bonds is 1. The molecule has 1 aliphatic rings. The van der Waals surface area contributed by atoms with Crippen LogP contribution in [-0.4, -0.2) is 28.3 Å². The number of nitrogens with zero attached hydrogens (tertiary/aromatic N) is 1. The van der Waals surface area contributed by atoms with Crippen molar-refractivity contribution in [2.75, 3.05) is 0 Å². The van der Waals surface area contributed by atoms with Gasteiger partial charge < -0.3 is 10.1 Å². The van der Waals surface area contributed by atoms with Crippen molar-refractivity contribution in [2.45, 2.75) is 12.5 Å². The number of aliphatic carboxylic acids is 1. The van der Waals surface area contributed by atoms with Crippen LogP contribution in [0.25, 0.3) is 10.9 Å². The molecule has 0 saturated heterocycles. The number of aliphatic imine (C=N–C) groups is 1. The fourth-order valence-corrected chi connectivity index (χ4v) is 2.11. The van der Waals surface area contributed by atoms with Crippen molar-refractivity contribution in [1.82, 2.24) is 4.98 Å². The number of carboxylic acids is 1. The Morgan fingerprint density at radius 1 is 1.44 bits per heavy atom. The predicted molar refractivity (Wildman–Crippen MR) is 61.0 cm³/mol. The van der Waals surface area contributed by atoms with Gasteiger partial charge in [-0.3, -0.25) is 4.99 Å². The Labute approximate surface area is 91.6 Å². The van der Waals surface area contributed by atoms with E-state index >= 15 is 0 Å². The molecule has 0 saturated carbocycles. The maximum atomic E-state index is 10.9. The Balaban J connectivity index is 2.17. The number of carboxylic acid groups (broad SMARTS) is 1. The average Bonchev–Trinajstić information content (AvgIpc) is 2.66. The van der Waals surface area contributed by atoms with Gasteiger partial charge in [-0.15, -0.1) is 0 Å². The number of H-pyrrole nitrogens is 1. The normalized spacial score (nSPS) is 18.6. The zero-order valence-electron chi connectivity index (χ0n) is 8.47. The summed E-state index contributed by atoms with van der Waals surface area (Å²) in [4.78, 5) is 18.1. The molecule has 1 aliphatic heterocycles. The average molecular weight is 214 g/mol. The van der Waals surface area contributed by atoms with Gasteiger partial charge in [0.25, 0.3) is 0 Å². The van der Waals surface area contributed by atoms with Crippen LogP contribution in [-0.2, 0) is 11.2 Å². The first kappa shape index (κ1) is 9.15. The molecule has 1 aromatic carbocycles. The number of nitrogens with one attached hydrogen (secondary N) is 1.